The van der Waals surface area contributed by atoms with Gasteiger partial charge in [0.15, 0.2) is 0 Å². The van der Waals surface area contributed by atoms with Crippen molar-refractivity contribution in [1.82, 2.24) is 10.2 Å². The van der Waals surface area contributed by atoms with E-state index >= 15 is 0 Å². The summed E-state index contributed by atoms with van der Waals surface area (Å²) in [7, 11) is 2.10. The number of nitrogens with one attached hydrogen (secondary N) is 1. The highest BCUT2D eigenvalue weighted by Crippen LogP contribution is 2.20. The maximum atomic E-state index is 3.76. The van der Waals surface area contributed by atoms with Crippen molar-refractivity contribution < 1.29 is 0 Å². The summed E-state index contributed by atoms with van der Waals surface area (Å²) in [4.78, 5) is 2.24. The van der Waals surface area contributed by atoms with E-state index in [0.29, 0.717) is 0 Å². The van der Waals surface area contributed by atoms with Gasteiger partial charge in [-0.15, -0.1) is 6.58 Å². The van der Waals surface area contributed by atoms with Crippen LogP contribution in [0.25, 0.3) is 0 Å². The second kappa shape index (κ2) is 8.46. The average Bonchev–Trinajstić information content (AvgIpc) is 2.33. The van der Waals surface area contributed by atoms with Gasteiger partial charge in [0.25, 0.3) is 0 Å². The molecule has 0 saturated heterocycles. The Bertz CT molecular complexity index is 377. The van der Waals surface area contributed by atoms with E-state index in [0.717, 1.165) is 26.2 Å². The van der Waals surface area contributed by atoms with E-state index in [2.05, 4.69) is 64.9 Å². The molecule has 2 nitrogen and oxygen atoms in total. The Morgan fingerprint density at radius 2 is 2.22 bits per heavy atom. The van der Waals surface area contributed by atoms with Crippen LogP contribution >= 0.6 is 15.9 Å². The smallest absolute Gasteiger partial charge is 0.0245 e. The van der Waals surface area contributed by atoms with Crippen molar-refractivity contribution in [2.45, 2.75) is 26.4 Å². The first-order valence-corrected chi connectivity index (χ1v) is 7.24. The van der Waals surface area contributed by atoms with Crippen LogP contribution in [0.4, 0.5) is 0 Å². The molecule has 100 valence electrons. The van der Waals surface area contributed by atoms with E-state index in [1.165, 1.54) is 22.0 Å². The third-order valence-electron chi connectivity index (χ3n) is 2.75. The lowest BCUT2D eigenvalue weighted by molar-refractivity contribution is 0.363. The zero-order valence-corrected chi connectivity index (χ0v) is 13.0. The van der Waals surface area contributed by atoms with Crippen LogP contribution in [-0.4, -0.2) is 25.0 Å². The summed E-state index contributed by atoms with van der Waals surface area (Å²) in [5.41, 5.74) is 2.64. The molecule has 18 heavy (non-hydrogen) atoms. The van der Waals surface area contributed by atoms with Crippen molar-refractivity contribution in [2.24, 2.45) is 0 Å². The molecule has 0 bridgehead atoms. The Morgan fingerprint density at radius 3 is 2.83 bits per heavy atom. The Labute approximate surface area is 119 Å². The molecule has 0 aliphatic heterocycles. The molecule has 0 aliphatic carbocycles. The topological polar surface area (TPSA) is 15.3 Å². The SMILES string of the molecule is C=CCN(C)Cc1ccc(CNCCC)cc1Br. The maximum Gasteiger partial charge on any atom is 0.0245 e. The highest BCUT2D eigenvalue weighted by atomic mass is 79.9. The molecule has 0 radical (unpaired) electrons. The van der Waals surface area contributed by atoms with E-state index in [9.17, 15) is 0 Å². The molecule has 0 amide bonds. The minimum atomic E-state index is 0.909. The summed E-state index contributed by atoms with van der Waals surface area (Å²) in [6.07, 6.45) is 3.10. The van der Waals surface area contributed by atoms with Crippen LogP contribution in [0.1, 0.15) is 24.5 Å². The normalized spacial score (nSPS) is 10.9. The van der Waals surface area contributed by atoms with Gasteiger partial charge in [0, 0.05) is 24.1 Å². The molecule has 0 spiro atoms. The fourth-order valence-electron chi connectivity index (χ4n) is 1.81. The summed E-state index contributed by atoms with van der Waals surface area (Å²) in [6.45, 7) is 9.80. The maximum absolute atomic E-state index is 3.76. The quantitative estimate of drug-likeness (QED) is 0.583. The lowest BCUT2D eigenvalue weighted by atomic mass is 10.1. The van der Waals surface area contributed by atoms with Gasteiger partial charge in [-0.25, -0.2) is 0 Å². The molecule has 0 aromatic heterocycles. The monoisotopic (exact) mass is 310 g/mol. The van der Waals surface area contributed by atoms with Crippen LogP contribution in [0.3, 0.4) is 0 Å². The summed E-state index contributed by atoms with van der Waals surface area (Å²) < 4.78 is 1.19. The molecular weight excluding hydrogens is 288 g/mol. The number of hydrogen-bond donors (Lipinski definition) is 1. The molecule has 0 saturated carbocycles. The van der Waals surface area contributed by atoms with Crippen LogP contribution in [0.5, 0.6) is 0 Å². The Morgan fingerprint density at radius 1 is 1.44 bits per heavy atom. The van der Waals surface area contributed by atoms with E-state index in [1.807, 2.05) is 6.08 Å². The molecular formula is C15H23BrN2. The molecule has 0 unspecified atom stereocenters. The second-order valence-corrected chi connectivity index (χ2v) is 5.44. The lowest BCUT2D eigenvalue weighted by Gasteiger charge is -2.16. The van der Waals surface area contributed by atoms with E-state index < -0.39 is 0 Å². The number of halogens is 1. The van der Waals surface area contributed by atoms with E-state index in [1.54, 1.807) is 0 Å². The minimum absolute atomic E-state index is 0.909. The lowest BCUT2D eigenvalue weighted by Crippen LogP contribution is -2.18. The summed E-state index contributed by atoms with van der Waals surface area (Å²) >= 11 is 3.66. The van der Waals surface area contributed by atoms with Crippen molar-refractivity contribution >= 4 is 15.9 Å². The molecule has 1 N–H and O–H groups in total. The zero-order chi connectivity index (χ0) is 13.4. The van der Waals surface area contributed by atoms with Crippen LogP contribution in [-0.2, 0) is 13.1 Å². The summed E-state index contributed by atoms with van der Waals surface area (Å²) in [5, 5.41) is 3.41. The predicted octanol–water partition coefficient (Wildman–Crippen LogP) is 3.57. The summed E-state index contributed by atoms with van der Waals surface area (Å²) in [6, 6.07) is 6.61. The molecule has 0 atom stereocenters. The summed E-state index contributed by atoms with van der Waals surface area (Å²) in [5.74, 6) is 0. The van der Waals surface area contributed by atoms with E-state index in [4.69, 9.17) is 0 Å². The van der Waals surface area contributed by atoms with Crippen LogP contribution in [0, 0.1) is 0 Å². The molecule has 0 heterocycles. The molecule has 0 aliphatic rings. The van der Waals surface area contributed by atoms with Gasteiger partial charge in [0.05, 0.1) is 0 Å². The van der Waals surface area contributed by atoms with Crippen LogP contribution in [0.2, 0.25) is 0 Å². The van der Waals surface area contributed by atoms with Crippen LogP contribution in [0.15, 0.2) is 35.3 Å². The van der Waals surface area contributed by atoms with Crippen molar-refractivity contribution in [3.63, 3.8) is 0 Å². The van der Waals surface area contributed by atoms with Gasteiger partial charge < -0.3 is 5.32 Å². The number of likely N-dealkylation sites (N-methyl/N-ethyl adjacent to an activating group) is 1. The Kier molecular flexibility index (Phi) is 7.25. The van der Waals surface area contributed by atoms with Gasteiger partial charge in [-0.3, -0.25) is 4.90 Å². The van der Waals surface area contributed by atoms with Crippen molar-refractivity contribution in [3.05, 3.63) is 46.5 Å². The third kappa shape index (κ3) is 5.34. The number of rotatable bonds is 8. The van der Waals surface area contributed by atoms with Gasteiger partial charge in [0.2, 0.25) is 0 Å². The van der Waals surface area contributed by atoms with Gasteiger partial charge in [-0.1, -0.05) is 41.1 Å². The highest BCUT2D eigenvalue weighted by molar-refractivity contribution is 9.10. The average molecular weight is 311 g/mol. The number of benzene rings is 1. The first-order chi connectivity index (χ1) is 8.67. The Balaban J connectivity index is 2.58. The molecule has 1 aromatic rings. The second-order valence-electron chi connectivity index (χ2n) is 4.59. The fraction of sp³-hybridized carbons (Fsp3) is 0.467. The number of nitrogens with zero attached hydrogens (tertiary/aromatic N) is 1. The standard InChI is InChI=1S/C15H23BrN2/c1-4-8-17-11-13-6-7-14(15(16)10-13)12-18(3)9-5-2/h5-7,10,17H,2,4,8-9,11-12H2,1,3H3. The Hall–Kier alpha value is -0.640. The molecule has 1 rings (SSSR count). The molecule has 1 aromatic carbocycles. The van der Waals surface area contributed by atoms with Crippen LogP contribution < -0.4 is 5.32 Å². The predicted molar refractivity (Wildman–Crippen MR) is 82.7 cm³/mol. The molecule has 0 fully saturated rings. The first kappa shape index (κ1) is 15.4. The van der Waals surface area contributed by atoms with Crippen molar-refractivity contribution in [2.75, 3.05) is 20.1 Å². The van der Waals surface area contributed by atoms with Gasteiger partial charge in [-0.05, 0) is 37.2 Å². The third-order valence-corrected chi connectivity index (χ3v) is 3.49. The van der Waals surface area contributed by atoms with Gasteiger partial charge >= 0.3 is 0 Å². The highest BCUT2D eigenvalue weighted by Gasteiger charge is 2.04. The van der Waals surface area contributed by atoms with Gasteiger partial charge in [0.1, 0.15) is 0 Å². The fourth-order valence-corrected chi connectivity index (χ4v) is 2.37. The largest absolute Gasteiger partial charge is 0.313 e. The zero-order valence-electron chi connectivity index (χ0n) is 11.4. The number of hydrogen-bond acceptors (Lipinski definition) is 2. The van der Waals surface area contributed by atoms with E-state index in [-0.39, 0.29) is 0 Å². The van der Waals surface area contributed by atoms with Gasteiger partial charge in [-0.2, -0.15) is 0 Å². The van der Waals surface area contributed by atoms with Crippen molar-refractivity contribution in [1.29, 1.82) is 0 Å². The van der Waals surface area contributed by atoms with Crippen molar-refractivity contribution in [3.8, 4) is 0 Å². The first-order valence-electron chi connectivity index (χ1n) is 6.44. The molecule has 3 heteroatoms. The minimum Gasteiger partial charge on any atom is -0.313 e.